The van der Waals surface area contributed by atoms with E-state index in [4.69, 9.17) is 9.47 Å². The monoisotopic (exact) mass is 235 g/mol. The van der Waals surface area contributed by atoms with Gasteiger partial charge in [0, 0.05) is 26.6 Å². The summed E-state index contributed by atoms with van der Waals surface area (Å²) < 4.78 is 11.4. The van der Waals surface area contributed by atoms with Crippen LogP contribution >= 0.6 is 0 Å². The molecule has 1 fully saturated rings. The average molecular weight is 235 g/mol. The van der Waals surface area contributed by atoms with Crippen molar-refractivity contribution in [2.45, 2.75) is 32.0 Å². The Hall–Kier alpha value is -1.06. The minimum Gasteiger partial charge on any atom is -0.491 e. The van der Waals surface area contributed by atoms with Gasteiger partial charge in [0.05, 0.1) is 11.7 Å². The molecule has 0 saturated carbocycles. The van der Waals surface area contributed by atoms with E-state index in [0.29, 0.717) is 0 Å². The summed E-state index contributed by atoms with van der Waals surface area (Å²) in [5.41, 5.74) is 1.18. The highest BCUT2D eigenvalue weighted by Crippen LogP contribution is 2.28. The summed E-state index contributed by atoms with van der Waals surface area (Å²) in [5, 5.41) is 3.27. The van der Waals surface area contributed by atoms with Crippen LogP contribution in [0.5, 0.6) is 5.75 Å². The predicted molar refractivity (Wildman–Crippen MR) is 68.5 cm³/mol. The van der Waals surface area contributed by atoms with E-state index in [1.54, 1.807) is 7.11 Å². The van der Waals surface area contributed by atoms with Crippen LogP contribution in [0.3, 0.4) is 0 Å². The first kappa shape index (κ1) is 12.4. The number of methoxy groups -OCH3 is 1. The van der Waals surface area contributed by atoms with E-state index in [1.807, 2.05) is 26.0 Å². The number of hydrogen-bond acceptors (Lipinski definition) is 3. The van der Waals surface area contributed by atoms with Gasteiger partial charge in [-0.05, 0) is 25.5 Å². The minimum absolute atomic E-state index is 0.0452. The van der Waals surface area contributed by atoms with Crippen molar-refractivity contribution in [2.24, 2.45) is 0 Å². The molecule has 1 N–H and O–H groups in total. The maximum absolute atomic E-state index is 5.83. The number of rotatable bonds is 5. The van der Waals surface area contributed by atoms with Crippen LogP contribution in [0.1, 0.15) is 19.4 Å². The summed E-state index contributed by atoms with van der Waals surface area (Å²) in [6.07, 6.45) is 1.11. The van der Waals surface area contributed by atoms with Gasteiger partial charge in [0.25, 0.3) is 0 Å². The third-order valence-corrected chi connectivity index (χ3v) is 3.18. The molecular formula is C14H21NO2. The first-order chi connectivity index (χ1) is 8.15. The first-order valence-corrected chi connectivity index (χ1v) is 6.16. The summed E-state index contributed by atoms with van der Waals surface area (Å²) >= 11 is 0. The van der Waals surface area contributed by atoms with Crippen LogP contribution in [0.25, 0.3) is 0 Å². The van der Waals surface area contributed by atoms with Gasteiger partial charge in [-0.25, -0.2) is 0 Å². The third kappa shape index (κ3) is 2.79. The smallest absolute Gasteiger partial charge is 0.122 e. The Bertz CT molecular complexity index is 367. The Morgan fingerprint density at radius 3 is 2.53 bits per heavy atom. The molecule has 0 unspecified atom stereocenters. The van der Waals surface area contributed by atoms with Crippen molar-refractivity contribution in [3.05, 3.63) is 29.8 Å². The second-order valence-corrected chi connectivity index (χ2v) is 4.94. The lowest BCUT2D eigenvalue weighted by atomic mass is 9.88. The van der Waals surface area contributed by atoms with E-state index in [-0.39, 0.29) is 11.7 Å². The molecule has 0 radical (unpaired) electrons. The Morgan fingerprint density at radius 2 is 2.00 bits per heavy atom. The highest BCUT2D eigenvalue weighted by atomic mass is 16.5. The Labute approximate surface area is 103 Å². The zero-order valence-electron chi connectivity index (χ0n) is 10.8. The normalized spacial score (nSPS) is 17.9. The minimum atomic E-state index is -0.0452. The molecule has 1 aromatic rings. The average Bonchev–Trinajstić information content (AvgIpc) is 2.25. The van der Waals surface area contributed by atoms with E-state index in [1.165, 1.54) is 5.56 Å². The molecule has 3 nitrogen and oxygen atoms in total. The molecule has 0 amide bonds. The van der Waals surface area contributed by atoms with Crippen LogP contribution in [0, 0.1) is 0 Å². The number of nitrogens with one attached hydrogen (secondary N) is 1. The predicted octanol–water partition coefficient (Wildman–Crippen LogP) is 2.00. The van der Waals surface area contributed by atoms with Crippen molar-refractivity contribution in [3.8, 4) is 5.75 Å². The molecule has 0 bridgehead atoms. The van der Waals surface area contributed by atoms with Gasteiger partial charge in [-0.3, -0.25) is 0 Å². The third-order valence-electron chi connectivity index (χ3n) is 3.18. The van der Waals surface area contributed by atoms with Gasteiger partial charge >= 0.3 is 0 Å². The quantitative estimate of drug-likeness (QED) is 0.847. The van der Waals surface area contributed by atoms with Crippen LogP contribution in [0.2, 0.25) is 0 Å². The standard InChI is InChI=1S/C14H21NO2/c1-11(2)17-13-7-5-4-6-12(13)8-14(16-3)9-15-10-14/h4-7,11,15H,8-10H2,1-3H3. The molecule has 1 aliphatic heterocycles. The van der Waals surface area contributed by atoms with Crippen LogP contribution in [0.15, 0.2) is 24.3 Å². The van der Waals surface area contributed by atoms with E-state index >= 15 is 0 Å². The summed E-state index contributed by atoms with van der Waals surface area (Å²) in [7, 11) is 1.78. The molecule has 0 spiro atoms. The summed E-state index contributed by atoms with van der Waals surface area (Å²) in [6, 6.07) is 8.22. The van der Waals surface area contributed by atoms with Crippen molar-refractivity contribution >= 4 is 0 Å². The second kappa shape index (κ2) is 5.07. The maximum Gasteiger partial charge on any atom is 0.122 e. The van der Waals surface area contributed by atoms with E-state index < -0.39 is 0 Å². The van der Waals surface area contributed by atoms with Crippen molar-refractivity contribution in [1.29, 1.82) is 0 Å². The van der Waals surface area contributed by atoms with Crippen LogP contribution in [-0.4, -0.2) is 31.9 Å². The zero-order chi connectivity index (χ0) is 12.3. The summed E-state index contributed by atoms with van der Waals surface area (Å²) in [6.45, 7) is 5.93. The van der Waals surface area contributed by atoms with Gasteiger partial charge in [-0.1, -0.05) is 18.2 Å². The molecule has 1 saturated heterocycles. The summed E-state index contributed by atoms with van der Waals surface area (Å²) in [4.78, 5) is 0. The molecule has 0 atom stereocenters. The lowest BCUT2D eigenvalue weighted by molar-refractivity contribution is -0.0506. The fourth-order valence-electron chi connectivity index (χ4n) is 2.11. The molecule has 2 rings (SSSR count). The SMILES string of the molecule is COC1(Cc2ccccc2OC(C)C)CNC1. The molecule has 0 aliphatic carbocycles. The Morgan fingerprint density at radius 1 is 1.29 bits per heavy atom. The fraction of sp³-hybridized carbons (Fsp3) is 0.571. The maximum atomic E-state index is 5.83. The fourth-order valence-corrected chi connectivity index (χ4v) is 2.11. The van der Waals surface area contributed by atoms with Crippen molar-refractivity contribution in [3.63, 3.8) is 0 Å². The van der Waals surface area contributed by atoms with Gasteiger partial charge in [0.1, 0.15) is 5.75 Å². The number of benzene rings is 1. The zero-order valence-corrected chi connectivity index (χ0v) is 10.8. The van der Waals surface area contributed by atoms with Crippen LogP contribution < -0.4 is 10.1 Å². The van der Waals surface area contributed by atoms with Gasteiger partial charge in [0.15, 0.2) is 0 Å². The van der Waals surface area contributed by atoms with E-state index in [0.717, 1.165) is 25.3 Å². The van der Waals surface area contributed by atoms with E-state index in [9.17, 15) is 0 Å². The van der Waals surface area contributed by atoms with E-state index in [2.05, 4.69) is 17.4 Å². The number of ether oxygens (including phenoxy) is 2. The van der Waals surface area contributed by atoms with Crippen LogP contribution in [-0.2, 0) is 11.2 Å². The second-order valence-electron chi connectivity index (χ2n) is 4.94. The summed E-state index contributed by atoms with van der Waals surface area (Å²) in [5.74, 6) is 0.978. The largest absolute Gasteiger partial charge is 0.491 e. The Kier molecular flexibility index (Phi) is 3.69. The van der Waals surface area contributed by atoms with Gasteiger partial charge in [0.2, 0.25) is 0 Å². The van der Waals surface area contributed by atoms with Gasteiger partial charge in [-0.15, -0.1) is 0 Å². The number of para-hydroxylation sites is 1. The highest BCUT2D eigenvalue weighted by molar-refractivity contribution is 5.35. The Balaban J connectivity index is 2.14. The van der Waals surface area contributed by atoms with Gasteiger partial charge < -0.3 is 14.8 Å². The highest BCUT2D eigenvalue weighted by Gasteiger charge is 2.37. The van der Waals surface area contributed by atoms with Crippen LogP contribution in [0.4, 0.5) is 0 Å². The molecule has 1 aromatic carbocycles. The number of hydrogen-bond donors (Lipinski definition) is 1. The van der Waals surface area contributed by atoms with Gasteiger partial charge in [-0.2, -0.15) is 0 Å². The first-order valence-electron chi connectivity index (χ1n) is 6.16. The molecule has 1 heterocycles. The molecule has 17 heavy (non-hydrogen) atoms. The molecular weight excluding hydrogens is 214 g/mol. The topological polar surface area (TPSA) is 30.5 Å². The van der Waals surface area contributed by atoms with Crippen molar-refractivity contribution in [1.82, 2.24) is 5.32 Å². The lowest BCUT2D eigenvalue weighted by Crippen LogP contribution is -2.61. The van der Waals surface area contributed by atoms with Crippen molar-refractivity contribution < 1.29 is 9.47 Å². The lowest BCUT2D eigenvalue weighted by Gasteiger charge is -2.41. The van der Waals surface area contributed by atoms with Crippen molar-refractivity contribution in [2.75, 3.05) is 20.2 Å². The molecule has 3 heteroatoms. The molecule has 0 aromatic heterocycles. The molecule has 94 valence electrons. The molecule has 1 aliphatic rings.